The average molecular weight is 604 g/mol. The number of carbonyl (C=O) groups is 1. The monoisotopic (exact) mass is 603 g/mol. The second-order valence-corrected chi connectivity index (χ2v) is 10.8. The summed E-state index contributed by atoms with van der Waals surface area (Å²) >= 11 is 0. The van der Waals surface area contributed by atoms with Gasteiger partial charge in [-0.2, -0.15) is 0 Å². The maximum Gasteiger partial charge on any atom is 0.512 e. The fourth-order valence-corrected chi connectivity index (χ4v) is 6.03. The lowest BCUT2D eigenvalue weighted by atomic mass is 10.0. The summed E-state index contributed by atoms with van der Waals surface area (Å²) in [6, 6.07) is 25.1. The van der Waals surface area contributed by atoms with E-state index in [4.69, 9.17) is 9.47 Å². The molecule has 0 radical (unpaired) electrons. The predicted octanol–water partition coefficient (Wildman–Crippen LogP) is 8.73. The molecule has 3 aromatic heterocycles. The maximum absolute atomic E-state index is 14.0. The molecule has 2 N–H and O–H groups in total. The average Bonchev–Trinajstić information content (AvgIpc) is 3.56. The fourth-order valence-electron chi connectivity index (χ4n) is 6.03. The molecule has 7 nitrogen and oxygen atoms in total. The van der Waals surface area contributed by atoms with Crippen LogP contribution in [0.25, 0.3) is 43.7 Å². The molecule has 0 amide bonds. The first-order valence-electron chi connectivity index (χ1n) is 14.5. The van der Waals surface area contributed by atoms with Gasteiger partial charge in [-0.25, -0.2) is 13.6 Å². The molecule has 0 aliphatic rings. The predicted molar refractivity (Wildman–Crippen MR) is 169 cm³/mol. The number of hydrogen-bond donors (Lipinski definition) is 2. The van der Waals surface area contributed by atoms with Crippen LogP contribution in [0.5, 0.6) is 11.6 Å². The van der Waals surface area contributed by atoms with E-state index in [1.807, 2.05) is 77.5 Å². The fraction of sp³-hybridized carbons (Fsp3) is 0.111. The van der Waals surface area contributed by atoms with E-state index < -0.39 is 17.8 Å². The zero-order valence-electron chi connectivity index (χ0n) is 24.0. The Labute approximate surface area is 256 Å². The highest BCUT2D eigenvalue weighted by Crippen LogP contribution is 2.39. The van der Waals surface area contributed by atoms with E-state index in [9.17, 15) is 18.7 Å². The van der Waals surface area contributed by atoms with E-state index >= 15 is 0 Å². The van der Waals surface area contributed by atoms with Crippen molar-refractivity contribution < 1.29 is 28.2 Å². The zero-order valence-corrected chi connectivity index (χ0v) is 24.0. The molecular formula is C36H27F2N3O4. The highest BCUT2D eigenvalue weighted by atomic mass is 19.1. The van der Waals surface area contributed by atoms with Crippen molar-refractivity contribution in [3.63, 3.8) is 0 Å². The molecule has 0 aliphatic heterocycles. The number of nitrogens with one attached hydrogen (secondary N) is 1. The number of pyridine rings is 1. The number of benzene rings is 4. The van der Waals surface area contributed by atoms with E-state index in [1.54, 1.807) is 12.4 Å². The molecule has 0 aliphatic carbocycles. The lowest BCUT2D eigenvalue weighted by molar-refractivity contribution is 0.142. The zero-order chi connectivity index (χ0) is 30.9. The first-order valence-corrected chi connectivity index (χ1v) is 14.5. The number of H-pyrrole nitrogens is 1. The molecule has 4 aromatic carbocycles. The van der Waals surface area contributed by atoms with Crippen LogP contribution in [0.15, 0.2) is 104 Å². The van der Waals surface area contributed by atoms with Crippen LogP contribution in [0.3, 0.4) is 0 Å². The van der Waals surface area contributed by atoms with Crippen molar-refractivity contribution in [2.75, 3.05) is 6.61 Å². The minimum atomic E-state index is -1.42. The summed E-state index contributed by atoms with van der Waals surface area (Å²) in [7, 11) is 0. The summed E-state index contributed by atoms with van der Waals surface area (Å²) in [5.41, 5.74) is 4.38. The van der Waals surface area contributed by atoms with Gasteiger partial charge in [-0.1, -0.05) is 54.6 Å². The lowest BCUT2D eigenvalue weighted by Crippen LogP contribution is -2.06. The van der Waals surface area contributed by atoms with Crippen molar-refractivity contribution in [2.45, 2.75) is 19.4 Å². The normalized spacial score (nSPS) is 11.4. The third-order valence-corrected chi connectivity index (χ3v) is 7.92. The highest BCUT2D eigenvalue weighted by Gasteiger charge is 2.20. The van der Waals surface area contributed by atoms with Gasteiger partial charge in [-0.05, 0) is 48.1 Å². The Hall–Kier alpha value is -5.70. The number of para-hydroxylation sites is 1. The Morgan fingerprint density at radius 3 is 2.51 bits per heavy atom. The van der Waals surface area contributed by atoms with Crippen molar-refractivity contribution in [3.8, 4) is 22.8 Å². The number of aromatic nitrogens is 3. The van der Waals surface area contributed by atoms with Gasteiger partial charge >= 0.3 is 6.16 Å². The summed E-state index contributed by atoms with van der Waals surface area (Å²) in [4.78, 5) is 19.2. The molecule has 9 heteroatoms. The van der Waals surface area contributed by atoms with Crippen LogP contribution in [-0.4, -0.2) is 32.4 Å². The number of ether oxygens (including phenoxy) is 2. The summed E-state index contributed by atoms with van der Waals surface area (Å²) in [5, 5.41) is 13.4. The van der Waals surface area contributed by atoms with Crippen molar-refractivity contribution in [2.24, 2.45) is 0 Å². The number of halogens is 2. The van der Waals surface area contributed by atoms with Crippen molar-refractivity contribution in [1.29, 1.82) is 0 Å². The first kappa shape index (κ1) is 28.1. The quantitative estimate of drug-likeness (QED) is 0.127. The molecule has 3 heterocycles. The van der Waals surface area contributed by atoms with Crippen LogP contribution in [0.2, 0.25) is 0 Å². The first-order chi connectivity index (χ1) is 21.9. The molecule has 0 saturated heterocycles. The van der Waals surface area contributed by atoms with Crippen LogP contribution >= 0.6 is 0 Å². The molecule has 7 aromatic rings. The Morgan fingerprint density at radius 1 is 0.889 bits per heavy atom. The summed E-state index contributed by atoms with van der Waals surface area (Å²) in [6.45, 7) is 0.654. The number of aromatic amines is 1. The number of aryl methyl sites for hydroxylation is 1. The van der Waals surface area contributed by atoms with Gasteiger partial charge in [0.2, 0.25) is 5.88 Å². The van der Waals surface area contributed by atoms with Crippen LogP contribution in [-0.2, 0) is 13.0 Å². The van der Waals surface area contributed by atoms with Gasteiger partial charge in [0.1, 0.15) is 17.4 Å². The molecule has 0 fully saturated rings. The third kappa shape index (κ3) is 5.56. The molecule has 0 spiro atoms. The van der Waals surface area contributed by atoms with Gasteiger partial charge in [0.25, 0.3) is 0 Å². The molecule has 0 saturated carbocycles. The number of hydrogen-bond acceptors (Lipinski definition) is 4. The summed E-state index contributed by atoms with van der Waals surface area (Å²) < 4.78 is 41.2. The van der Waals surface area contributed by atoms with Crippen LogP contribution < -0.4 is 9.47 Å². The smallest absolute Gasteiger partial charge is 0.493 e. The minimum absolute atomic E-state index is 0.163. The van der Waals surface area contributed by atoms with Gasteiger partial charge in [0.05, 0.1) is 23.8 Å². The standard InChI is InChI=1S/C36H27F2N3O4/c37-24-16-22(17-25(38)18-24)20-41-21-31(27-13-14-39-19-32(27)41)29-10-4-9-28-30(35(40-34(28)29)45-36(42)43)11-5-15-44-33-12-3-7-23-6-1-2-8-26(23)33/h1-4,6-10,12-14,16-19,21,40H,5,11,15,20H2,(H,42,43). The second-order valence-electron chi connectivity index (χ2n) is 10.8. The third-order valence-electron chi connectivity index (χ3n) is 7.92. The van der Waals surface area contributed by atoms with Crippen molar-refractivity contribution >= 4 is 38.7 Å². The molecule has 7 rings (SSSR count). The molecule has 0 unspecified atom stereocenters. The van der Waals surface area contributed by atoms with Crippen LogP contribution in [0.1, 0.15) is 17.5 Å². The van der Waals surface area contributed by atoms with Crippen molar-refractivity contribution in [1.82, 2.24) is 14.5 Å². The van der Waals surface area contributed by atoms with Gasteiger partial charge in [0, 0.05) is 57.9 Å². The minimum Gasteiger partial charge on any atom is -0.493 e. The molecule has 0 bridgehead atoms. The van der Waals surface area contributed by atoms with Gasteiger partial charge in [-0.15, -0.1) is 0 Å². The Bertz CT molecular complexity index is 2180. The van der Waals surface area contributed by atoms with E-state index in [0.717, 1.165) is 55.6 Å². The molecule has 0 atom stereocenters. The van der Waals surface area contributed by atoms with Crippen LogP contribution in [0.4, 0.5) is 13.6 Å². The van der Waals surface area contributed by atoms with E-state index in [2.05, 4.69) is 9.97 Å². The Balaban J connectivity index is 1.22. The van der Waals surface area contributed by atoms with Crippen molar-refractivity contribution in [3.05, 3.63) is 126 Å². The Kier molecular flexibility index (Phi) is 7.34. The second kappa shape index (κ2) is 11.8. The Morgan fingerprint density at radius 2 is 1.67 bits per heavy atom. The van der Waals surface area contributed by atoms with E-state index in [0.29, 0.717) is 30.5 Å². The molecular weight excluding hydrogens is 576 g/mol. The number of nitrogens with zero attached hydrogens (tertiary/aromatic N) is 2. The molecule has 45 heavy (non-hydrogen) atoms. The topological polar surface area (TPSA) is 89.4 Å². The molecule has 224 valence electrons. The number of rotatable bonds is 9. The summed E-state index contributed by atoms with van der Waals surface area (Å²) in [5.74, 6) is -0.326. The summed E-state index contributed by atoms with van der Waals surface area (Å²) in [6.07, 6.45) is 5.03. The lowest BCUT2D eigenvalue weighted by Gasteiger charge is -2.09. The SMILES string of the molecule is O=C(O)Oc1[nH]c2c(-c3cn(Cc4cc(F)cc(F)c4)c4cnccc34)cccc2c1CCCOc1cccc2ccccc12. The van der Waals surface area contributed by atoms with Gasteiger partial charge in [-0.3, -0.25) is 4.98 Å². The van der Waals surface area contributed by atoms with Crippen LogP contribution in [0, 0.1) is 11.6 Å². The van der Waals surface area contributed by atoms with Gasteiger partial charge < -0.3 is 24.1 Å². The number of fused-ring (bicyclic) bond motifs is 3. The van der Waals surface area contributed by atoms with E-state index in [1.165, 1.54) is 12.1 Å². The largest absolute Gasteiger partial charge is 0.512 e. The maximum atomic E-state index is 14.0. The van der Waals surface area contributed by atoms with E-state index in [-0.39, 0.29) is 12.4 Å². The highest BCUT2D eigenvalue weighted by molar-refractivity contribution is 6.05. The number of carboxylic acid groups (broad SMARTS) is 1. The van der Waals surface area contributed by atoms with Gasteiger partial charge in [0.15, 0.2) is 0 Å².